The van der Waals surface area contributed by atoms with Crippen molar-refractivity contribution in [2.45, 2.75) is 0 Å². The van der Waals surface area contributed by atoms with Crippen molar-refractivity contribution in [3.63, 3.8) is 0 Å². The van der Waals surface area contributed by atoms with Crippen LogP contribution in [0.5, 0.6) is 0 Å². The zero-order chi connectivity index (χ0) is 20.4. The molecule has 8 nitrogen and oxygen atoms in total. The lowest BCUT2D eigenvalue weighted by Crippen LogP contribution is -2.12. The van der Waals surface area contributed by atoms with Gasteiger partial charge in [0.05, 0.1) is 15.8 Å². The minimum absolute atomic E-state index is 0.0963. The average molecular weight is 387 g/mol. The van der Waals surface area contributed by atoms with E-state index in [2.05, 4.69) is 10.3 Å². The number of rotatable bonds is 4. The second-order valence-electron chi connectivity index (χ2n) is 6.16. The van der Waals surface area contributed by atoms with Crippen molar-refractivity contribution in [3.05, 3.63) is 98.9 Å². The number of para-hydroxylation sites is 1. The number of nitrogens with zero attached hydrogens (tertiary/aromatic N) is 2. The van der Waals surface area contributed by atoms with Crippen LogP contribution in [0.4, 0.5) is 11.4 Å². The molecular formula is C21H13N3O5. The van der Waals surface area contributed by atoms with Crippen LogP contribution in [0.25, 0.3) is 22.4 Å². The molecule has 0 saturated carbocycles. The Balaban J connectivity index is 1.61. The molecule has 142 valence electrons. The fraction of sp³-hybridized carbons (Fsp3) is 0. The van der Waals surface area contributed by atoms with Gasteiger partial charge in [-0.1, -0.05) is 18.2 Å². The molecule has 0 fully saturated rings. The predicted molar refractivity (Wildman–Crippen MR) is 107 cm³/mol. The van der Waals surface area contributed by atoms with Gasteiger partial charge >= 0.3 is 5.63 Å². The van der Waals surface area contributed by atoms with Gasteiger partial charge in [-0.15, -0.1) is 0 Å². The molecule has 0 atom stereocenters. The number of anilines is 1. The summed E-state index contributed by atoms with van der Waals surface area (Å²) in [5.41, 5.74) is 1.18. The summed E-state index contributed by atoms with van der Waals surface area (Å²) in [6.45, 7) is 0. The Bertz CT molecular complexity index is 1300. The highest BCUT2D eigenvalue weighted by molar-refractivity contribution is 6.04. The maximum absolute atomic E-state index is 12.4. The van der Waals surface area contributed by atoms with E-state index in [-0.39, 0.29) is 17.1 Å². The van der Waals surface area contributed by atoms with E-state index in [9.17, 15) is 19.7 Å². The number of carbonyl (C=O) groups is 1. The van der Waals surface area contributed by atoms with Crippen molar-refractivity contribution in [1.29, 1.82) is 0 Å². The van der Waals surface area contributed by atoms with Crippen LogP contribution in [0, 0.1) is 10.1 Å². The van der Waals surface area contributed by atoms with Crippen LogP contribution in [-0.4, -0.2) is 15.8 Å². The third-order valence-electron chi connectivity index (χ3n) is 4.24. The molecule has 0 spiro atoms. The van der Waals surface area contributed by atoms with E-state index in [1.807, 2.05) is 0 Å². The van der Waals surface area contributed by atoms with Crippen LogP contribution >= 0.6 is 0 Å². The standard InChI is InChI=1S/C21H13N3O5/c25-19(13-8-10-16(11-9-13)24(27)28)22-15-5-3-4-14(12-15)20-23-18-7-2-1-6-17(18)21(26)29-20/h1-12H,(H,22,25). The van der Waals surface area contributed by atoms with E-state index in [1.54, 1.807) is 48.5 Å². The summed E-state index contributed by atoms with van der Waals surface area (Å²) in [5, 5.41) is 13.8. The first-order valence-corrected chi connectivity index (χ1v) is 8.57. The van der Waals surface area contributed by atoms with Crippen molar-refractivity contribution in [2.24, 2.45) is 0 Å². The van der Waals surface area contributed by atoms with Gasteiger partial charge in [0.15, 0.2) is 0 Å². The highest BCUT2D eigenvalue weighted by atomic mass is 16.6. The maximum Gasteiger partial charge on any atom is 0.347 e. The first kappa shape index (κ1) is 18.1. The second kappa shape index (κ2) is 7.35. The molecule has 29 heavy (non-hydrogen) atoms. The molecule has 8 heteroatoms. The van der Waals surface area contributed by atoms with E-state index in [1.165, 1.54) is 24.3 Å². The quantitative estimate of drug-likeness (QED) is 0.418. The van der Waals surface area contributed by atoms with Crippen LogP contribution in [-0.2, 0) is 0 Å². The van der Waals surface area contributed by atoms with Gasteiger partial charge in [-0.3, -0.25) is 14.9 Å². The van der Waals surface area contributed by atoms with Gasteiger partial charge in [0.1, 0.15) is 0 Å². The number of benzene rings is 3. The lowest BCUT2D eigenvalue weighted by atomic mass is 10.1. The Morgan fingerprint density at radius 3 is 2.52 bits per heavy atom. The number of aromatic nitrogens is 1. The summed E-state index contributed by atoms with van der Waals surface area (Å²) in [4.78, 5) is 39.1. The van der Waals surface area contributed by atoms with Crippen LogP contribution in [0.3, 0.4) is 0 Å². The van der Waals surface area contributed by atoms with Crippen LogP contribution in [0.15, 0.2) is 82.0 Å². The Morgan fingerprint density at radius 2 is 1.76 bits per heavy atom. The van der Waals surface area contributed by atoms with E-state index in [4.69, 9.17) is 4.42 Å². The highest BCUT2D eigenvalue weighted by Gasteiger charge is 2.12. The summed E-state index contributed by atoms with van der Waals surface area (Å²) in [6, 6.07) is 18.8. The monoisotopic (exact) mass is 387 g/mol. The summed E-state index contributed by atoms with van der Waals surface area (Å²) in [6.07, 6.45) is 0. The van der Waals surface area contributed by atoms with Gasteiger partial charge in [0, 0.05) is 28.9 Å². The number of nitrogens with one attached hydrogen (secondary N) is 1. The van der Waals surface area contributed by atoms with E-state index >= 15 is 0 Å². The van der Waals surface area contributed by atoms with Crippen LogP contribution in [0.1, 0.15) is 10.4 Å². The molecule has 0 aliphatic carbocycles. The van der Waals surface area contributed by atoms with Gasteiger partial charge in [-0.25, -0.2) is 9.78 Å². The lowest BCUT2D eigenvalue weighted by Gasteiger charge is -2.07. The van der Waals surface area contributed by atoms with Gasteiger partial charge in [-0.2, -0.15) is 0 Å². The Kier molecular flexibility index (Phi) is 4.58. The van der Waals surface area contributed by atoms with E-state index in [0.29, 0.717) is 22.2 Å². The van der Waals surface area contributed by atoms with Crippen molar-refractivity contribution < 1.29 is 14.1 Å². The minimum atomic E-state index is -0.532. The molecule has 0 aliphatic rings. The summed E-state index contributed by atoms with van der Waals surface area (Å²) >= 11 is 0. The SMILES string of the molecule is O=C(Nc1cccc(-c2nc3ccccc3c(=O)o2)c1)c1ccc([N+](=O)[O-])cc1. The first-order chi connectivity index (χ1) is 14.0. The molecule has 1 amide bonds. The molecule has 1 N–H and O–H groups in total. The summed E-state index contributed by atoms with van der Waals surface area (Å²) < 4.78 is 5.31. The first-order valence-electron chi connectivity index (χ1n) is 8.57. The molecule has 4 rings (SSSR count). The number of fused-ring (bicyclic) bond motifs is 1. The number of carbonyl (C=O) groups excluding carboxylic acids is 1. The number of nitro groups is 1. The lowest BCUT2D eigenvalue weighted by molar-refractivity contribution is -0.384. The molecule has 0 unspecified atom stereocenters. The van der Waals surface area contributed by atoms with Crippen molar-refractivity contribution in [2.75, 3.05) is 5.32 Å². The molecule has 0 saturated heterocycles. The molecule has 0 bridgehead atoms. The average Bonchev–Trinajstić information content (AvgIpc) is 2.74. The molecule has 3 aromatic carbocycles. The second-order valence-corrected chi connectivity index (χ2v) is 6.16. The van der Waals surface area contributed by atoms with Gasteiger partial charge < -0.3 is 9.73 Å². The molecule has 4 aromatic rings. The number of amides is 1. The number of nitro benzene ring substituents is 1. The Hall–Kier alpha value is -4.33. The summed E-state index contributed by atoms with van der Waals surface area (Å²) in [7, 11) is 0. The van der Waals surface area contributed by atoms with E-state index in [0.717, 1.165) is 0 Å². The van der Waals surface area contributed by atoms with Gasteiger partial charge in [-0.05, 0) is 42.5 Å². The predicted octanol–water partition coefficient (Wildman–Crippen LogP) is 4.02. The highest BCUT2D eigenvalue weighted by Crippen LogP contribution is 2.22. The molecule has 1 heterocycles. The minimum Gasteiger partial charge on any atom is -0.403 e. The maximum atomic E-state index is 12.4. The zero-order valence-electron chi connectivity index (χ0n) is 14.9. The Labute approximate surface area is 163 Å². The number of hydrogen-bond donors (Lipinski definition) is 1. The fourth-order valence-corrected chi connectivity index (χ4v) is 2.81. The molecule has 0 aliphatic heterocycles. The topological polar surface area (TPSA) is 115 Å². The van der Waals surface area contributed by atoms with Gasteiger partial charge in [0.25, 0.3) is 11.6 Å². The summed E-state index contributed by atoms with van der Waals surface area (Å²) in [5.74, 6) is -0.287. The third kappa shape index (κ3) is 3.72. The zero-order valence-corrected chi connectivity index (χ0v) is 14.9. The normalized spacial score (nSPS) is 10.6. The molecule has 1 aromatic heterocycles. The smallest absolute Gasteiger partial charge is 0.347 e. The fourth-order valence-electron chi connectivity index (χ4n) is 2.81. The van der Waals surface area contributed by atoms with Gasteiger partial charge in [0.2, 0.25) is 5.89 Å². The van der Waals surface area contributed by atoms with Crippen LogP contribution in [0.2, 0.25) is 0 Å². The molecular weight excluding hydrogens is 374 g/mol. The Morgan fingerprint density at radius 1 is 1.00 bits per heavy atom. The van der Waals surface area contributed by atoms with Crippen LogP contribution < -0.4 is 10.9 Å². The largest absolute Gasteiger partial charge is 0.403 e. The van der Waals surface area contributed by atoms with Crippen molar-refractivity contribution in [1.82, 2.24) is 4.98 Å². The number of non-ortho nitro benzene ring substituents is 1. The third-order valence-corrected chi connectivity index (χ3v) is 4.24. The van der Waals surface area contributed by atoms with Crippen molar-refractivity contribution >= 4 is 28.2 Å². The number of hydrogen-bond acceptors (Lipinski definition) is 6. The molecule has 0 radical (unpaired) electrons. The van der Waals surface area contributed by atoms with E-state index < -0.39 is 16.5 Å². The van der Waals surface area contributed by atoms with Crippen molar-refractivity contribution in [3.8, 4) is 11.5 Å².